The number of rotatable bonds is 6. The van der Waals surface area contributed by atoms with Crippen LogP contribution in [0.3, 0.4) is 0 Å². The largest absolute Gasteiger partial charge is 0.434 e. The van der Waals surface area contributed by atoms with Gasteiger partial charge in [0.05, 0.1) is 49.6 Å². The number of nitrogens with one attached hydrogen (secondary N) is 1. The lowest BCUT2D eigenvalue weighted by Gasteiger charge is -2.52. The number of amides is 1. The van der Waals surface area contributed by atoms with Crippen LogP contribution in [0.4, 0.5) is 19.0 Å². The first-order chi connectivity index (χ1) is 18.6. The number of carbonyl (C=O) groups is 1. The van der Waals surface area contributed by atoms with Crippen LogP contribution in [0.15, 0.2) is 12.4 Å². The van der Waals surface area contributed by atoms with Crippen molar-refractivity contribution in [1.82, 2.24) is 20.2 Å². The molecule has 0 aromatic carbocycles. The molecule has 3 aliphatic heterocycles. The molecule has 2 saturated carbocycles. The highest BCUT2D eigenvalue weighted by atomic mass is 19.4. The highest BCUT2D eigenvalue weighted by Gasteiger charge is 2.64. The number of carbonyl (C=O) groups excluding carboxylic acids is 1. The monoisotopic (exact) mass is 540 g/mol. The Morgan fingerprint density at radius 3 is 2.79 bits per heavy atom. The first-order valence-electron chi connectivity index (χ1n) is 14.3. The van der Waals surface area contributed by atoms with E-state index >= 15 is 0 Å². The molecule has 210 valence electrons. The molecule has 3 saturated heterocycles. The maximum atomic E-state index is 14.3. The number of ether oxygens (including phenoxy) is 2. The minimum Gasteiger partial charge on any atom is -0.389 e. The van der Waals surface area contributed by atoms with E-state index in [0.29, 0.717) is 58.4 Å². The van der Waals surface area contributed by atoms with Crippen LogP contribution in [0, 0.1) is 5.41 Å². The van der Waals surface area contributed by atoms with E-state index < -0.39 is 22.9 Å². The van der Waals surface area contributed by atoms with Gasteiger partial charge in [-0.3, -0.25) is 9.78 Å². The van der Waals surface area contributed by atoms with Crippen molar-refractivity contribution in [2.24, 2.45) is 5.41 Å². The number of hydrogen-bond acceptors (Lipinski definition) is 8. The van der Waals surface area contributed by atoms with Crippen molar-refractivity contribution >= 4 is 11.7 Å². The van der Waals surface area contributed by atoms with Gasteiger partial charge < -0.3 is 29.7 Å². The molecule has 6 rings (SSSR count). The molecule has 5 fully saturated rings. The molecule has 9 nitrogen and oxygen atoms in total. The van der Waals surface area contributed by atoms with Gasteiger partial charge in [-0.15, -0.1) is 0 Å². The normalized spacial score (nSPS) is 36.8. The van der Waals surface area contributed by atoms with Gasteiger partial charge in [0, 0.05) is 38.9 Å². The minimum atomic E-state index is -4.57. The smallest absolute Gasteiger partial charge is 0.389 e. The van der Waals surface area contributed by atoms with E-state index in [2.05, 4.69) is 15.3 Å². The first-order valence-corrected chi connectivity index (χ1v) is 13.6. The van der Waals surface area contributed by atoms with Crippen LogP contribution in [0.1, 0.15) is 58.4 Å². The van der Waals surface area contributed by atoms with Crippen molar-refractivity contribution in [2.75, 3.05) is 38.3 Å². The number of nitrogens with zero attached hydrogens (tertiary/aromatic N) is 4. The number of hydrogen-bond donors (Lipinski definition) is 2. The summed E-state index contributed by atoms with van der Waals surface area (Å²) in [5, 5.41) is 15.3. The molecule has 1 aromatic rings. The SMILES string of the molecule is [2H]CO[C@@H]1COCC[C@@H]1N[C@@H]1CC[C@@](C(=O)N2C[C@@H]3C[C@H]2CN3c2cncc(C(F)(F)F)n2)(C2(O)CCC2)C1. The third-order valence-corrected chi connectivity index (χ3v) is 9.67. The summed E-state index contributed by atoms with van der Waals surface area (Å²) in [5.41, 5.74) is -2.95. The van der Waals surface area contributed by atoms with Gasteiger partial charge in [0.1, 0.15) is 5.82 Å². The Morgan fingerprint density at radius 2 is 2.11 bits per heavy atom. The summed E-state index contributed by atoms with van der Waals surface area (Å²) >= 11 is 0. The number of alkyl halides is 3. The average Bonchev–Trinajstić information content (AvgIpc) is 3.63. The zero-order valence-corrected chi connectivity index (χ0v) is 21.3. The Balaban J connectivity index is 1.17. The van der Waals surface area contributed by atoms with E-state index in [9.17, 15) is 23.1 Å². The second kappa shape index (κ2) is 9.57. The number of likely N-dealkylation sites (tertiary alicyclic amines) is 1. The highest BCUT2D eigenvalue weighted by molar-refractivity contribution is 5.86. The van der Waals surface area contributed by atoms with Crippen molar-refractivity contribution in [3.63, 3.8) is 0 Å². The predicted molar refractivity (Wildman–Crippen MR) is 130 cm³/mol. The molecule has 0 radical (unpaired) electrons. The molecule has 4 heterocycles. The molecule has 2 bridgehead atoms. The molecular weight excluding hydrogens is 503 g/mol. The van der Waals surface area contributed by atoms with Crippen molar-refractivity contribution in [3.8, 4) is 0 Å². The van der Waals surface area contributed by atoms with Gasteiger partial charge in [-0.2, -0.15) is 13.2 Å². The Bertz CT molecular complexity index is 1080. The zero-order valence-electron chi connectivity index (χ0n) is 22.3. The lowest BCUT2D eigenvalue weighted by atomic mass is 9.59. The topological polar surface area (TPSA) is 100 Å². The van der Waals surface area contributed by atoms with E-state index in [1.807, 2.05) is 9.80 Å². The third kappa shape index (κ3) is 4.28. The van der Waals surface area contributed by atoms with E-state index in [1.165, 1.54) is 6.20 Å². The Kier molecular flexibility index (Phi) is 6.29. The van der Waals surface area contributed by atoms with E-state index in [0.717, 1.165) is 25.5 Å². The molecule has 2 N–H and O–H groups in total. The Labute approximate surface area is 221 Å². The van der Waals surface area contributed by atoms with Gasteiger partial charge in [-0.05, 0) is 51.4 Å². The molecule has 6 atom stereocenters. The van der Waals surface area contributed by atoms with E-state index in [4.69, 9.17) is 10.8 Å². The van der Waals surface area contributed by atoms with Crippen LogP contribution in [-0.4, -0.2) is 95.1 Å². The molecular formula is C26H36F3N5O4. The van der Waals surface area contributed by atoms with Gasteiger partial charge in [0.15, 0.2) is 5.69 Å². The lowest BCUT2D eigenvalue weighted by Crippen LogP contribution is -2.63. The molecule has 38 heavy (non-hydrogen) atoms. The van der Waals surface area contributed by atoms with Crippen molar-refractivity contribution < 1.29 is 33.9 Å². The van der Waals surface area contributed by atoms with Gasteiger partial charge in [-0.1, -0.05) is 0 Å². The van der Waals surface area contributed by atoms with Crippen LogP contribution in [-0.2, 0) is 20.4 Å². The second-order valence-electron chi connectivity index (χ2n) is 11.7. The Morgan fingerprint density at radius 1 is 1.26 bits per heavy atom. The summed E-state index contributed by atoms with van der Waals surface area (Å²) in [6.07, 6.45) is 2.67. The van der Waals surface area contributed by atoms with Gasteiger partial charge >= 0.3 is 6.18 Å². The van der Waals surface area contributed by atoms with Crippen LogP contribution >= 0.6 is 0 Å². The third-order valence-electron chi connectivity index (χ3n) is 9.67. The lowest BCUT2D eigenvalue weighted by molar-refractivity contribution is -0.178. The summed E-state index contributed by atoms with van der Waals surface area (Å²) < 4.78 is 58.1. The fraction of sp³-hybridized carbons (Fsp3) is 0.808. The molecule has 1 amide bonds. The number of fused-ring (bicyclic) bond motifs is 2. The maximum Gasteiger partial charge on any atom is 0.434 e. The fourth-order valence-electron chi connectivity index (χ4n) is 7.47. The number of anilines is 1. The molecule has 1 aromatic heterocycles. The molecule has 5 aliphatic rings. The van der Waals surface area contributed by atoms with Crippen molar-refractivity contribution in [1.29, 1.82) is 0 Å². The van der Waals surface area contributed by atoms with Gasteiger partial charge in [0.2, 0.25) is 5.91 Å². The molecule has 12 heteroatoms. The van der Waals surface area contributed by atoms with Crippen LogP contribution in [0.25, 0.3) is 0 Å². The molecule has 2 aliphatic carbocycles. The Hall–Kier alpha value is -2.02. The summed E-state index contributed by atoms with van der Waals surface area (Å²) in [5.74, 6) is 0.157. The highest BCUT2D eigenvalue weighted by Crippen LogP contribution is 2.57. The summed E-state index contributed by atoms with van der Waals surface area (Å²) in [6, 6.07) is -0.210. The zero-order chi connectivity index (χ0) is 27.4. The first kappa shape index (κ1) is 25.0. The standard InChI is InChI=1S/C26H36F3N5O4/c1-37-20-15-38-8-4-19(20)31-16-3-7-24(10-16,25(36)5-2-6-25)23(35)34-14-17-9-18(34)13-33(17)22-12-30-11-21(32-22)26(27,28)29/h11-12,16-20,31,36H,2-10,13-15H2,1H3/t16-,17+,18+,19+,20-,24-/m1/s1/i1D. The average molecular weight is 541 g/mol. The second-order valence-corrected chi connectivity index (χ2v) is 11.7. The number of methoxy groups -OCH3 is 1. The van der Waals surface area contributed by atoms with Gasteiger partial charge in [-0.25, -0.2) is 4.98 Å². The fourth-order valence-corrected chi connectivity index (χ4v) is 7.47. The number of aromatic nitrogens is 2. The number of halogens is 3. The predicted octanol–water partition coefficient (Wildman–Crippen LogP) is 2.13. The van der Waals surface area contributed by atoms with E-state index in [-0.39, 0.29) is 49.1 Å². The van der Waals surface area contributed by atoms with Crippen molar-refractivity contribution in [3.05, 3.63) is 18.1 Å². The minimum absolute atomic E-state index is 0.0257. The number of aliphatic hydroxyl groups is 1. The van der Waals surface area contributed by atoms with Gasteiger partial charge in [0.25, 0.3) is 0 Å². The van der Waals surface area contributed by atoms with Crippen LogP contribution in [0.5, 0.6) is 0 Å². The molecule has 0 unspecified atom stereocenters. The maximum absolute atomic E-state index is 14.3. The van der Waals surface area contributed by atoms with Crippen molar-refractivity contribution in [2.45, 2.75) is 93.4 Å². The number of piperazine rings is 1. The summed E-state index contributed by atoms with van der Waals surface area (Å²) in [6.45, 7) is 1.84. The summed E-state index contributed by atoms with van der Waals surface area (Å²) in [4.78, 5) is 25.6. The quantitative estimate of drug-likeness (QED) is 0.566. The summed E-state index contributed by atoms with van der Waals surface area (Å²) in [7, 11) is -0.139. The van der Waals surface area contributed by atoms with Crippen LogP contribution < -0.4 is 10.2 Å². The van der Waals surface area contributed by atoms with Crippen LogP contribution in [0.2, 0.25) is 0 Å². The molecule has 0 spiro atoms. The van der Waals surface area contributed by atoms with E-state index in [1.54, 1.807) is 0 Å².